The molecule has 0 radical (unpaired) electrons. The lowest BCUT2D eigenvalue weighted by Gasteiger charge is -2.14. The van der Waals surface area contributed by atoms with Gasteiger partial charge in [0.25, 0.3) is 0 Å². The molecular formula is C21H29NO5. The van der Waals surface area contributed by atoms with Crippen molar-refractivity contribution in [1.82, 2.24) is 0 Å². The predicted molar refractivity (Wildman–Crippen MR) is 107 cm³/mol. The molecule has 1 aromatic rings. The van der Waals surface area contributed by atoms with Gasteiger partial charge in [0.2, 0.25) is 0 Å². The third-order valence-corrected chi connectivity index (χ3v) is 3.57. The highest BCUT2D eigenvalue weighted by molar-refractivity contribution is 5.97. The third-order valence-electron chi connectivity index (χ3n) is 3.57. The molecule has 1 rings (SSSR count). The van der Waals surface area contributed by atoms with Gasteiger partial charge in [-0.1, -0.05) is 18.2 Å². The number of hydrogen-bond donors (Lipinski definition) is 3. The lowest BCUT2D eigenvalue weighted by Crippen LogP contribution is -2.13. The Hall–Kier alpha value is -2.60. The van der Waals surface area contributed by atoms with Gasteiger partial charge in [0, 0.05) is 24.7 Å². The van der Waals surface area contributed by atoms with Crippen LogP contribution in [-0.2, 0) is 9.53 Å². The van der Waals surface area contributed by atoms with E-state index in [4.69, 9.17) is 4.74 Å². The zero-order chi connectivity index (χ0) is 20.4. The number of aromatic hydroxyl groups is 1. The standard InChI is InChI=1S/C21H29NO5/c1-5-8-17(23)13-18(24)10-7-9-15-11-16(22-6-2)12-19(25)20(15)21(26)27-14(3)4/h5,7-9,11-12,14,18,22,24-25H,6,10,13H2,1-4H3/b8-5-,9-7+. The molecule has 3 N–H and O–H groups in total. The number of aliphatic hydroxyl groups excluding tert-OH is 1. The van der Waals surface area contributed by atoms with Gasteiger partial charge < -0.3 is 20.3 Å². The largest absolute Gasteiger partial charge is 0.507 e. The summed E-state index contributed by atoms with van der Waals surface area (Å²) in [6.45, 7) is 7.78. The quantitative estimate of drug-likeness (QED) is 0.426. The van der Waals surface area contributed by atoms with Gasteiger partial charge in [-0.25, -0.2) is 4.79 Å². The van der Waals surface area contributed by atoms with Crippen molar-refractivity contribution in [2.24, 2.45) is 0 Å². The van der Waals surface area contributed by atoms with Crippen LogP contribution in [0.2, 0.25) is 0 Å². The molecule has 0 aliphatic heterocycles. The number of carbonyl (C=O) groups is 2. The van der Waals surface area contributed by atoms with Crippen LogP contribution < -0.4 is 5.32 Å². The number of hydrogen-bond acceptors (Lipinski definition) is 6. The summed E-state index contributed by atoms with van der Waals surface area (Å²) >= 11 is 0. The molecule has 0 amide bonds. The molecule has 0 aliphatic rings. The van der Waals surface area contributed by atoms with Crippen LogP contribution in [0.3, 0.4) is 0 Å². The van der Waals surface area contributed by atoms with E-state index in [1.54, 1.807) is 45.1 Å². The van der Waals surface area contributed by atoms with Crippen LogP contribution in [0, 0.1) is 0 Å². The summed E-state index contributed by atoms with van der Waals surface area (Å²) in [5.41, 5.74) is 1.21. The molecule has 0 aromatic heterocycles. The number of nitrogens with one attached hydrogen (secondary N) is 1. The Balaban J connectivity index is 3.04. The molecule has 0 saturated heterocycles. The normalized spacial score (nSPS) is 12.7. The highest BCUT2D eigenvalue weighted by Gasteiger charge is 2.19. The zero-order valence-electron chi connectivity index (χ0n) is 16.4. The van der Waals surface area contributed by atoms with Gasteiger partial charge in [0.05, 0.1) is 12.2 Å². The number of rotatable bonds is 10. The van der Waals surface area contributed by atoms with Crippen molar-refractivity contribution in [2.45, 2.75) is 52.7 Å². The van der Waals surface area contributed by atoms with Crippen molar-refractivity contribution < 1.29 is 24.5 Å². The average molecular weight is 375 g/mol. The summed E-state index contributed by atoms with van der Waals surface area (Å²) < 4.78 is 5.21. The zero-order valence-corrected chi connectivity index (χ0v) is 16.4. The highest BCUT2D eigenvalue weighted by atomic mass is 16.5. The van der Waals surface area contributed by atoms with Gasteiger partial charge in [-0.15, -0.1) is 0 Å². The number of allylic oxidation sites excluding steroid dienone is 2. The van der Waals surface area contributed by atoms with Crippen molar-refractivity contribution in [3.63, 3.8) is 0 Å². The van der Waals surface area contributed by atoms with Crippen LogP contribution in [0.15, 0.2) is 30.4 Å². The fourth-order valence-corrected chi connectivity index (χ4v) is 2.50. The predicted octanol–water partition coefficient (Wildman–Crippen LogP) is 3.69. The smallest absolute Gasteiger partial charge is 0.342 e. The number of ketones is 1. The SMILES string of the molecule is C/C=C\C(=O)CC(O)C/C=C/c1cc(NCC)cc(O)c1C(=O)OC(C)C. The van der Waals surface area contributed by atoms with Crippen LogP contribution in [0.5, 0.6) is 5.75 Å². The van der Waals surface area contributed by atoms with Crippen LogP contribution in [0.4, 0.5) is 5.69 Å². The maximum absolute atomic E-state index is 12.3. The Morgan fingerprint density at radius 2 is 2.00 bits per heavy atom. The molecule has 0 fully saturated rings. The summed E-state index contributed by atoms with van der Waals surface area (Å²) in [6, 6.07) is 3.20. The van der Waals surface area contributed by atoms with Crippen molar-refractivity contribution >= 4 is 23.5 Å². The second-order valence-electron chi connectivity index (χ2n) is 6.41. The summed E-state index contributed by atoms with van der Waals surface area (Å²) in [4.78, 5) is 23.9. The van der Waals surface area contributed by atoms with E-state index in [1.807, 2.05) is 6.92 Å². The van der Waals surface area contributed by atoms with E-state index in [0.29, 0.717) is 17.8 Å². The van der Waals surface area contributed by atoms with Gasteiger partial charge in [0.15, 0.2) is 5.78 Å². The molecule has 0 spiro atoms. The molecule has 1 aromatic carbocycles. The molecule has 6 heteroatoms. The molecule has 1 atom stereocenters. The fourth-order valence-electron chi connectivity index (χ4n) is 2.50. The van der Waals surface area contributed by atoms with E-state index >= 15 is 0 Å². The van der Waals surface area contributed by atoms with Crippen LogP contribution in [0.1, 0.15) is 56.5 Å². The summed E-state index contributed by atoms with van der Waals surface area (Å²) in [5.74, 6) is -0.942. The molecule has 0 aliphatic carbocycles. The number of benzene rings is 1. The van der Waals surface area contributed by atoms with Crippen molar-refractivity contribution in [1.29, 1.82) is 0 Å². The van der Waals surface area contributed by atoms with E-state index in [0.717, 1.165) is 0 Å². The average Bonchev–Trinajstić information content (AvgIpc) is 2.54. The maximum atomic E-state index is 12.3. The number of ether oxygens (including phenoxy) is 1. The number of anilines is 1. The highest BCUT2D eigenvalue weighted by Crippen LogP contribution is 2.29. The van der Waals surface area contributed by atoms with Crippen LogP contribution in [0.25, 0.3) is 6.08 Å². The Morgan fingerprint density at radius 3 is 2.59 bits per heavy atom. The Bertz CT molecular complexity index is 707. The van der Waals surface area contributed by atoms with E-state index < -0.39 is 12.1 Å². The Kier molecular flexibility index (Phi) is 9.30. The van der Waals surface area contributed by atoms with E-state index in [1.165, 1.54) is 12.1 Å². The number of esters is 1. The first-order valence-electron chi connectivity index (χ1n) is 9.10. The Morgan fingerprint density at radius 1 is 1.30 bits per heavy atom. The first-order chi connectivity index (χ1) is 12.8. The molecule has 0 saturated carbocycles. The van der Waals surface area contributed by atoms with Gasteiger partial charge >= 0.3 is 5.97 Å². The van der Waals surface area contributed by atoms with Crippen LogP contribution in [-0.4, -0.2) is 40.7 Å². The Labute approximate surface area is 160 Å². The second kappa shape index (κ2) is 11.2. The first-order valence-corrected chi connectivity index (χ1v) is 9.10. The van der Waals surface area contributed by atoms with Crippen molar-refractivity contribution in [3.05, 3.63) is 41.5 Å². The second-order valence-corrected chi connectivity index (χ2v) is 6.41. The molecular weight excluding hydrogens is 346 g/mol. The molecule has 148 valence electrons. The minimum absolute atomic E-state index is 0.0274. The van der Waals surface area contributed by atoms with Crippen LogP contribution >= 0.6 is 0 Å². The topological polar surface area (TPSA) is 95.9 Å². The lowest BCUT2D eigenvalue weighted by molar-refractivity contribution is -0.116. The number of phenolic OH excluding ortho intramolecular Hbond substituents is 1. The van der Waals surface area contributed by atoms with Gasteiger partial charge in [0.1, 0.15) is 11.3 Å². The molecule has 27 heavy (non-hydrogen) atoms. The van der Waals surface area contributed by atoms with E-state index in [2.05, 4.69) is 5.32 Å². The number of aliphatic hydroxyl groups is 1. The van der Waals surface area contributed by atoms with E-state index in [-0.39, 0.29) is 36.0 Å². The van der Waals surface area contributed by atoms with E-state index in [9.17, 15) is 19.8 Å². The molecule has 1 unspecified atom stereocenters. The summed E-state index contributed by atoms with van der Waals surface area (Å²) in [5, 5.41) is 23.3. The number of phenols is 1. The fraction of sp³-hybridized carbons (Fsp3) is 0.429. The molecule has 0 bridgehead atoms. The minimum Gasteiger partial charge on any atom is -0.507 e. The van der Waals surface area contributed by atoms with Gasteiger partial charge in [-0.2, -0.15) is 0 Å². The molecule has 6 nitrogen and oxygen atoms in total. The third kappa shape index (κ3) is 7.66. The summed E-state index contributed by atoms with van der Waals surface area (Å²) in [7, 11) is 0. The molecule has 0 heterocycles. The van der Waals surface area contributed by atoms with Gasteiger partial charge in [-0.05, 0) is 51.8 Å². The maximum Gasteiger partial charge on any atom is 0.342 e. The first kappa shape index (κ1) is 22.4. The van der Waals surface area contributed by atoms with Gasteiger partial charge in [-0.3, -0.25) is 4.79 Å². The monoisotopic (exact) mass is 375 g/mol. The van der Waals surface area contributed by atoms with Crippen molar-refractivity contribution in [3.8, 4) is 5.75 Å². The number of carbonyl (C=O) groups excluding carboxylic acids is 2. The summed E-state index contributed by atoms with van der Waals surface area (Å²) in [6.07, 6.45) is 5.50. The minimum atomic E-state index is -0.818. The van der Waals surface area contributed by atoms with Crippen molar-refractivity contribution in [2.75, 3.05) is 11.9 Å². The lowest BCUT2D eigenvalue weighted by atomic mass is 10.0.